The number of para-hydroxylation sites is 1. The van der Waals surface area contributed by atoms with Crippen LogP contribution in [0.4, 0.5) is 5.69 Å². The van der Waals surface area contributed by atoms with Crippen LogP contribution in [0.15, 0.2) is 71.1 Å². The number of carbonyl (C=O) groups is 2. The smallest absolute Gasteiger partial charge is 0.267 e. The van der Waals surface area contributed by atoms with Crippen molar-refractivity contribution >= 4 is 84.6 Å². The number of carbonyl (C=O) groups excluding carboxylic acids is 2. The number of hydrogen-bond acceptors (Lipinski definition) is 4. The maximum atomic E-state index is 13.2. The Balaban J connectivity index is 1.59. The predicted octanol–water partition coefficient (Wildman–Crippen LogP) is 8.09. The molecule has 0 bridgehead atoms. The molecule has 1 N–H and O–H groups in total. The number of ketones is 1. The standard InChI is InChI=1S/C24H12Cl3NO3S/c25-13-7-5-12(6-8-13)21(29)22-20(15-3-1-2-4-17(15)31-22)28-24(30)23-19(27)16-10-9-14(26)11-18(16)32-23/h1-11H,(H,28,30). The van der Waals surface area contributed by atoms with E-state index in [2.05, 4.69) is 5.32 Å². The summed E-state index contributed by atoms with van der Waals surface area (Å²) in [6, 6.07) is 18.8. The summed E-state index contributed by atoms with van der Waals surface area (Å²) in [5.74, 6) is -0.784. The maximum Gasteiger partial charge on any atom is 0.267 e. The molecule has 5 aromatic rings. The third kappa shape index (κ3) is 3.67. The predicted molar refractivity (Wildman–Crippen MR) is 131 cm³/mol. The molecule has 0 spiro atoms. The van der Waals surface area contributed by atoms with Crippen LogP contribution in [-0.2, 0) is 0 Å². The van der Waals surface area contributed by atoms with Crippen molar-refractivity contribution in [1.29, 1.82) is 0 Å². The van der Waals surface area contributed by atoms with Crippen LogP contribution in [0, 0.1) is 0 Å². The second-order valence-corrected chi connectivity index (χ2v) is 9.28. The van der Waals surface area contributed by atoms with Gasteiger partial charge in [0.05, 0.1) is 10.7 Å². The Morgan fingerprint density at radius 2 is 1.56 bits per heavy atom. The summed E-state index contributed by atoms with van der Waals surface area (Å²) in [4.78, 5) is 26.7. The molecule has 0 aliphatic heterocycles. The number of halogens is 3. The van der Waals surface area contributed by atoms with Gasteiger partial charge < -0.3 is 9.73 Å². The summed E-state index contributed by atoms with van der Waals surface area (Å²) in [5, 5.41) is 5.59. The Labute approximate surface area is 201 Å². The first kappa shape index (κ1) is 21.0. The fraction of sp³-hybridized carbons (Fsp3) is 0. The van der Waals surface area contributed by atoms with Crippen LogP contribution in [0.2, 0.25) is 15.1 Å². The lowest BCUT2D eigenvalue weighted by molar-refractivity contribution is 0.101. The average molecular weight is 501 g/mol. The first-order valence-electron chi connectivity index (χ1n) is 9.43. The minimum Gasteiger partial charge on any atom is -0.450 e. The van der Waals surface area contributed by atoms with E-state index in [0.29, 0.717) is 36.5 Å². The second-order valence-electron chi connectivity index (χ2n) is 6.98. The Kier molecular flexibility index (Phi) is 5.43. The largest absolute Gasteiger partial charge is 0.450 e. The van der Waals surface area contributed by atoms with Gasteiger partial charge in [0.15, 0.2) is 5.76 Å². The highest BCUT2D eigenvalue weighted by atomic mass is 35.5. The molecule has 0 fully saturated rings. The number of nitrogens with one attached hydrogen (secondary N) is 1. The van der Waals surface area contributed by atoms with Crippen molar-refractivity contribution in [2.75, 3.05) is 5.32 Å². The number of rotatable bonds is 4. The van der Waals surface area contributed by atoms with Gasteiger partial charge in [0, 0.05) is 31.1 Å². The molecule has 158 valence electrons. The monoisotopic (exact) mass is 499 g/mol. The lowest BCUT2D eigenvalue weighted by atomic mass is 10.1. The number of furan rings is 1. The number of thiophene rings is 1. The normalized spacial score (nSPS) is 11.2. The van der Waals surface area contributed by atoms with E-state index in [-0.39, 0.29) is 17.2 Å². The molecule has 8 heteroatoms. The minimum atomic E-state index is -0.441. The van der Waals surface area contributed by atoms with E-state index in [4.69, 9.17) is 39.2 Å². The van der Waals surface area contributed by atoms with Gasteiger partial charge in [0.1, 0.15) is 10.5 Å². The summed E-state index contributed by atoms with van der Waals surface area (Å²) < 4.78 is 6.64. The third-order valence-electron chi connectivity index (χ3n) is 4.94. The van der Waals surface area contributed by atoms with Crippen molar-refractivity contribution in [2.24, 2.45) is 0 Å². The number of benzene rings is 3. The van der Waals surface area contributed by atoms with Gasteiger partial charge >= 0.3 is 0 Å². The van der Waals surface area contributed by atoms with Gasteiger partial charge in [-0.2, -0.15) is 0 Å². The number of hydrogen-bond donors (Lipinski definition) is 1. The minimum absolute atomic E-state index is 0.0298. The molecule has 32 heavy (non-hydrogen) atoms. The average Bonchev–Trinajstić information content (AvgIpc) is 3.31. The molecule has 0 radical (unpaired) electrons. The molecule has 5 rings (SSSR count). The first-order chi connectivity index (χ1) is 15.4. The van der Waals surface area contributed by atoms with Crippen LogP contribution in [0.5, 0.6) is 0 Å². The summed E-state index contributed by atoms with van der Waals surface area (Å²) in [6.07, 6.45) is 0. The van der Waals surface area contributed by atoms with Crippen LogP contribution < -0.4 is 5.32 Å². The molecule has 1 amide bonds. The van der Waals surface area contributed by atoms with E-state index in [9.17, 15) is 9.59 Å². The zero-order chi connectivity index (χ0) is 22.4. The van der Waals surface area contributed by atoms with Crippen molar-refractivity contribution in [3.05, 3.63) is 98.0 Å². The fourth-order valence-electron chi connectivity index (χ4n) is 3.42. The summed E-state index contributed by atoms with van der Waals surface area (Å²) in [6.45, 7) is 0. The Morgan fingerprint density at radius 3 is 2.34 bits per heavy atom. The van der Waals surface area contributed by atoms with Crippen LogP contribution >= 0.6 is 46.1 Å². The molecular formula is C24H12Cl3NO3S. The van der Waals surface area contributed by atoms with Gasteiger partial charge in [0.2, 0.25) is 5.78 Å². The van der Waals surface area contributed by atoms with Crippen LogP contribution in [0.25, 0.3) is 21.1 Å². The lowest BCUT2D eigenvalue weighted by Gasteiger charge is -2.05. The topological polar surface area (TPSA) is 59.3 Å². The SMILES string of the molecule is O=C(c1ccc(Cl)cc1)c1oc2ccccc2c1NC(=O)c1sc2cc(Cl)ccc2c1Cl. The summed E-state index contributed by atoms with van der Waals surface area (Å²) >= 11 is 19.7. The zero-order valence-corrected chi connectivity index (χ0v) is 19.2. The molecular weight excluding hydrogens is 489 g/mol. The van der Waals surface area contributed by atoms with Crippen molar-refractivity contribution in [1.82, 2.24) is 0 Å². The number of anilines is 1. The molecule has 2 heterocycles. The molecule has 0 saturated heterocycles. The quantitative estimate of drug-likeness (QED) is 0.254. The fourth-order valence-corrected chi connectivity index (χ4v) is 5.23. The molecule has 2 aromatic heterocycles. The molecule has 0 saturated carbocycles. The van der Waals surface area contributed by atoms with Crippen molar-refractivity contribution in [3.63, 3.8) is 0 Å². The Morgan fingerprint density at radius 1 is 0.844 bits per heavy atom. The van der Waals surface area contributed by atoms with Gasteiger partial charge in [-0.3, -0.25) is 9.59 Å². The molecule has 0 aliphatic rings. The van der Waals surface area contributed by atoms with E-state index in [1.54, 1.807) is 66.7 Å². The molecule has 0 unspecified atom stereocenters. The number of amides is 1. The van der Waals surface area contributed by atoms with Crippen molar-refractivity contribution in [3.8, 4) is 0 Å². The van der Waals surface area contributed by atoms with Gasteiger partial charge in [-0.25, -0.2) is 0 Å². The Bertz CT molecular complexity index is 1520. The van der Waals surface area contributed by atoms with E-state index < -0.39 is 5.91 Å². The van der Waals surface area contributed by atoms with Crippen molar-refractivity contribution in [2.45, 2.75) is 0 Å². The molecule has 0 atom stereocenters. The van der Waals surface area contributed by atoms with E-state index in [1.807, 2.05) is 0 Å². The summed E-state index contributed by atoms with van der Waals surface area (Å²) in [7, 11) is 0. The van der Waals surface area contributed by atoms with Gasteiger partial charge in [-0.15, -0.1) is 11.3 Å². The maximum absolute atomic E-state index is 13.2. The second kappa shape index (κ2) is 8.26. The lowest BCUT2D eigenvalue weighted by Crippen LogP contribution is -2.13. The van der Waals surface area contributed by atoms with E-state index >= 15 is 0 Å². The Hall–Kier alpha value is -2.83. The van der Waals surface area contributed by atoms with Gasteiger partial charge in [0.25, 0.3) is 5.91 Å². The first-order valence-corrected chi connectivity index (χ1v) is 11.4. The van der Waals surface area contributed by atoms with Crippen LogP contribution in [0.1, 0.15) is 25.8 Å². The van der Waals surface area contributed by atoms with Gasteiger partial charge in [-0.1, -0.05) is 53.0 Å². The number of fused-ring (bicyclic) bond motifs is 2. The summed E-state index contributed by atoms with van der Waals surface area (Å²) in [5.41, 5.74) is 1.16. The molecule has 4 nitrogen and oxygen atoms in total. The molecule has 0 aliphatic carbocycles. The highest BCUT2D eigenvalue weighted by Crippen LogP contribution is 2.38. The zero-order valence-electron chi connectivity index (χ0n) is 16.1. The highest BCUT2D eigenvalue weighted by Gasteiger charge is 2.25. The van der Waals surface area contributed by atoms with Gasteiger partial charge in [-0.05, 0) is 48.5 Å². The molecule has 3 aromatic carbocycles. The van der Waals surface area contributed by atoms with Crippen LogP contribution in [-0.4, -0.2) is 11.7 Å². The van der Waals surface area contributed by atoms with Crippen molar-refractivity contribution < 1.29 is 14.0 Å². The van der Waals surface area contributed by atoms with E-state index in [0.717, 1.165) is 10.1 Å². The third-order valence-corrected chi connectivity index (χ3v) is 7.09. The van der Waals surface area contributed by atoms with Crippen LogP contribution in [0.3, 0.4) is 0 Å². The highest BCUT2D eigenvalue weighted by molar-refractivity contribution is 7.21. The van der Waals surface area contributed by atoms with E-state index in [1.165, 1.54) is 11.3 Å².